The minimum Gasteiger partial charge on any atom is -0.353 e. The van der Waals surface area contributed by atoms with Crippen molar-refractivity contribution in [2.45, 2.75) is 6.54 Å². The van der Waals surface area contributed by atoms with E-state index in [-0.39, 0.29) is 18.0 Å². The van der Waals surface area contributed by atoms with Gasteiger partial charge in [0.05, 0.1) is 5.39 Å². The van der Waals surface area contributed by atoms with Crippen molar-refractivity contribution in [1.29, 1.82) is 0 Å². The molecule has 0 bridgehead atoms. The Morgan fingerprint density at radius 3 is 2.46 bits per heavy atom. The zero-order valence-electron chi connectivity index (χ0n) is 15.1. The van der Waals surface area contributed by atoms with Crippen LogP contribution in [0.15, 0.2) is 57.8 Å². The van der Waals surface area contributed by atoms with Crippen LogP contribution in [0.1, 0.15) is 0 Å². The molecule has 2 heterocycles. The fourth-order valence-corrected chi connectivity index (χ4v) is 4.37. The molecule has 0 atom stereocenters. The summed E-state index contributed by atoms with van der Waals surface area (Å²) >= 11 is 5.28. The van der Waals surface area contributed by atoms with Gasteiger partial charge in [-0.3, -0.25) is 9.59 Å². The molecule has 0 unspecified atom stereocenters. The number of carbonyl (C=O) groups excluding carboxylic acids is 1. The third-order valence-electron chi connectivity index (χ3n) is 4.58. The number of hydrogen-bond acceptors (Lipinski definition) is 5. The first kappa shape index (κ1) is 19.0. The van der Waals surface area contributed by atoms with E-state index in [4.69, 9.17) is 0 Å². The summed E-state index contributed by atoms with van der Waals surface area (Å²) in [7, 11) is 0. The lowest BCUT2D eigenvalue weighted by atomic mass is 10.1. The molecule has 0 aliphatic carbocycles. The van der Waals surface area contributed by atoms with Crippen molar-refractivity contribution >= 4 is 55.9 Å². The maximum absolute atomic E-state index is 12.9. The molecule has 1 aliphatic heterocycles. The number of thioether (sulfide) groups is 1. The van der Waals surface area contributed by atoms with Crippen molar-refractivity contribution in [3.63, 3.8) is 0 Å². The van der Waals surface area contributed by atoms with Gasteiger partial charge in [-0.05, 0) is 30.3 Å². The SMILES string of the molecule is O=C(Cn1nc(N2CCSCC2)c2ccccc2c1=O)Nc1ccc(Br)cc1. The number of fused-ring (bicyclic) bond motifs is 1. The maximum Gasteiger partial charge on any atom is 0.275 e. The summed E-state index contributed by atoms with van der Waals surface area (Å²) in [6.45, 7) is 1.63. The van der Waals surface area contributed by atoms with E-state index in [1.54, 1.807) is 18.2 Å². The lowest BCUT2D eigenvalue weighted by Crippen LogP contribution is -2.37. The molecule has 3 aromatic rings. The minimum atomic E-state index is -0.285. The lowest BCUT2D eigenvalue weighted by Gasteiger charge is -2.28. The van der Waals surface area contributed by atoms with Crippen LogP contribution in [0.5, 0.6) is 0 Å². The number of benzene rings is 2. The highest BCUT2D eigenvalue weighted by Crippen LogP contribution is 2.24. The summed E-state index contributed by atoms with van der Waals surface area (Å²) in [6, 6.07) is 14.8. The van der Waals surface area contributed by atoms with Crippen molar-refractivity contribution in [3.8, 4) is 0 Å². The van der Waals surface area contributed by atoms with Gasteiger partial charge in [0.1, 0.15) is 6.54 Å². The quantitative estimate of drug-likeness (QED) is 0.649. The van der Waals surface area contributed by atoms with Crippen LogP contribution in [0.25, 0.3) is 10.8 Å². The normalized spacial score (nSPS) is 14.2. The van der Waals surface area contributed by atoms with Gasteiger partial charge in [0, 0.05) is 40.1 Å². The molecule has 1 amide bonds. The molecule has 1 N–H and O–H groups in total. The summed E-state index contributed by atoms with van der Waals surface area (Å²) in [5, 5.41) is 8.81. The second-order valence-corrected chi connectivity index (χ2v) is 8.63. The predicted molar refractivity (Wildman–Crippen MR) is 118 cm³/mol. The standard InChI is InChI=1S/C20H19BrN4O2S/c21-14-5-7-15(8-6-14)22-18(26)13-25-20(27)17-4-2-1-3-16(17)19(23-25)24-9-11-28-12-10-24/h1-8H,9-13H2,(H,22,26). The average molecular weight is 459 g/mol. The van der Waals surface area contributed by atoms with E-state index in [0.717, 1.165) is 40.3 Å². The van der Waals surface area contributed by atoms with Crippen molar-refractivity contribution < 1.29 is 4.79 Å². The van der Waals surface area contributed by atoms with Crippen molar-refractivity contribution in [1.82, 2.24) is 9.78 Å². The number of rotatable bonds is 4. The maximum atomic E-state index is 12.9. The average Bonchev–Trinajstić information content (AvgIpc) is 2.72. The van der Waals surface area contributed by atoms with E-state index >= 15 is 0 Å². The Kier molecular flexibility index (Phi) is 5.68. The molecular weight excluding hydrogens is 440 g/mol. The van der Waals surface area contributed by atoms with Crippen LogP contribution >= 0.6 is 27.7 Å². The van der Waals surface area contributed by atoms with Crippen LogP contribution in [0.3, 0.4) is 0 Å². The van der Waals surface area contributed by atoms with E-state index in [0.29, 0.717) is 11.1 Å². The zero-order valence-corrected chi connectivity index (χ0v) is 17.5. The van der Waals surface area contributed by atoms with Crippen molar-refractivity contribution in [3.05, 3.63) is 63.4 Å². The van der Waals surface area contributed by atoms with Gasteiger partial charge < -0.3 is 10.2 Å². The largest absolute Gasteiger partial charge is 0.353 e. The molecule has 1 aromatic heterocycles. The van der Waals surface area contributed by atoms with Crippen LogP contribution in [-0.2, 0) is 11.3 Å². The summed E-state index contributed by atoms with van der Waals surface area (Å²) < 4.78 is 2.20. The molecule has 0 radical (unpaired) electrons. The summed E-state index contributed by atoms with van der Waals surface area (Å²) in [5.41, 5.74) is 0.423. The van der Waals surface area contributed by atoms with Gasteiger partial charge >= 0.3 is 0 Å². The fourth-order valence-electron chi connectivity index (χ4n) is 3.20. The molecule has 1 saturated heterocycles. The topological polar surface area (TPSA) is 67.2 Å². The van der Waals surface area contributed by atoms with Crippen molar-refractivity contribution in [2.24, 2.45) is 0 Å². The Bertz CT molecular complexity index is 1060. The van der Waals surface area contributed by atoms with Crippen LogP contribution in [-0.4, -0.2) is 40.3 Å². The van der Waals surface area contributed by atoms with E-state index in [1.807, 2.05) is 42.1 Å². The van der Waals surface area contributed by atoms with Gasteiger partial charge in [-0.1, -0.05) is 34.1 Å². The Morgan fingerprint density at radius 1 is 1.07 bits per heavy atom. The first-order valence-electron chi connectivity index (χ1n) is 9.00. The molecule has 28 heavy (non-hydrogen) atoms. The smallest absolute Gasteiger partial charge is 0.275 e. The van der Waals surface area contributed by atoms with E-state index < -0.39 is 0 Å². The minimum absolute atomic E-state index is 0.130. The Labute approximate surface area is 175 Å². The molecule has 0 saturated carbocycles. The summed E-state index contributed by atoms with van der Waals surface area (Å²) in [5.74, 6) is 2.54. The number of hydrogen-bond donors (Lipinski definition) is 1. The number of amides is 1. The Hall–Kier alpha value is -2.32. The van der Waals surface area contributed by atoms with Crippen LogP contribution in [0.2, 0.25) is 0 Å². The second-order valence-electron chi connectivity index (χ2n) is 6.49. The van der Waals surface area contributed by atoms with Gasteiger partial charge in [-0.25, -0.2) is 4.68 Å². The number of nitrogens with one attached hydrogen (secondary N) is 1. The number of anilines is 2. The fraction of sp³-hybridized carbons (Fsp3) is 0.250. The third-order valence-corrected chi connectivity index (χ3v) is 6.05. The number of carbonyl (C=O) groups is 1. The molecular formula is C20H19BrN4O2S. The summed E-state index contributed by atoms with van der Waals surface area (Å²) in [4.78, 5) is 27.6. The molecule has 1 aliphatic rings. The molecule has 8 heteroatoms. The van der Waals surface area contributed by atoms with E-state index in [2.05, 4.69) is 31.2 Å². The number of nitrogens with zero attached hydrogens (tertiary/aromatic N) is 3. The second kappa shape index (κ2) is 8.36. The van der Waals surface area contributed by atoms with Crippen molar-refractivity contribution in [2.75, 3.05) is 34.8 Å². The first-order valence-corrected chi connectivity index (χ1v) is 10.9. The molecule has 0 spiro atoms. The van der Waals surface area contributed by atoms with Crippen LogP contribution in [0, 0.1) is 0 Å². The molecule has 6 nitrogen and oxygen atoms in total. The molecule has 4 rings (SSSR count). The van der Waals surface area contributed by atoms with Gasteiger partial charge in [0.2, 0.25) is 5.91 Å². The van der Waals surface area contributed by atoms with E-state index in [9.17, 15) is 9.59 Å². The highest BCUT2D eigenvalue weighted by molar-refractivity contribution is 9.10. The predicted octanol–water partition coefficient (Wildman–Crippen LogP) is 3.35. The zero-order chi connectivity index (χ0) is 19.5. The molecule has 144 valence electrons. The molecule has 1 fully saturated rings. The monoisotopic (exact) mass is 458 g/mol. The first-order chi connectivity index (χ1) is 13.6. The lowest BCUT2D eigenvalue weighted by molar-refractivity contribution is -0.117. The Morgan fingerprint density at radius 2 is 1.75 bits per heavy atom. The van der Waals surface area contributed by atoms with Gasteiger partial charge in [-0.2, -0.15) is 16.9 Å². The summed E-state index contributed by atoms with van der Waals surface area (Å²) in [6.07, 6.45) is 0. The Balaban J connectivity index is 1.66. The highest BCUT2D eigenvalue weighted by atomic mass is 79.9. The third kappa shape index (κ3) is 4.07. The number of halogens is 1. The molecule has 2 aromatic carbocycles. The van der Waals surface area contributed by atoms with Gasteiger partial charge in [-0.15, -0.1) is 0 Å². The van der Waals surface area contributed by atoms with E-state index in [1.165, 1.54) is 4.68 Å². The number of aromatic nitrogens is 2. The van der Waals surface area contributed by atoms with Crippen LogP contribution in [0.4, 0.5) is 11.5 Å². The van der Waals surface area contributed by atoms with Gasteiger partial charge in [0.25, 0.3) is 5.56 Å². The van der Waals surface area contributed by atoms with Crippen LogP contribution < -0.4 is 15.8 Å². The highest BCUT2D eigenvalue weighted by Gasteiger charge is 2.19. The van der Waals surface area contributed by atoms with Gasteiger partial charge in [0.15, 0.2) is 5.82 Å².